The lowest BCUT2D eigenvalue weighted by atomic mass is 9.73. The van der Waals surface area contributed by atoms with Gasteiger partial charge in [-0.25, -0.2) is 22.8 Å². The topological polar surface area (TPSA) is 130 Å². The molecule has 1 saturated carbocycles. The van der Waals surface area contributed by atoms with Crippen LogP contribution in [0, 0.1) is 17.8 Å². The molecular formula is C32H38FN7O4S. The largest absolute Gasteiger partial charge is 0.378 e. The maximum Gasteiger partial charge on any atom is 0.296 e. The molecule has 4 atom stereocenters. The number of anilines is 4. The lowest BCUT2D eigenvalue weighted by molar-refractivity contribution is -0.117. The van der Waals surface area contributed by atoms with Crippen molar-refractivity contribution in [3.8, 4) is 11.8 Å². The van der Waals surface area contributed by atoms with Crippen LogP contribution in [0.5, 0.6) is 0 Å². The van der Waals surface area contributed by atoms with E-state index in [1.54, 1.807) is 19.2 Å². The van der Waals surface area contributed by atoms with Gasteiger partial charge in [-0.2, -0.15) is 4.98 Å². The van der Waals surface area contributed by atoms with Crippen LogP contribution in [-0.2, 0) is 19.4 Å². The zero-order chi connectivity index (χ0) is 31.7. The Morgan fingerprint density at radius 2 is 1.91 bits per heavy atom. The number of benzene rings is 1. The molecule has 1 aliphatic carbocycles. The number of pyridine rings is 1. The third-order valence-electron chi connectivity index (χ3n) is 8.94. The molecular weight excluding hydrogens is 597 g/mol. The molecule has 0 radical (unpaired) electrons. The summed E-state index contributed by atoms with van der Waals surface area (Å²) >= 11 is 0. The van der Waals surface area contributed by atoms with Crippen molar-refractivity contribution in [1.29, 1.82) is 0 Å². The van der Waals surface area contributed by atoms with Gasteiger partial charge >= 0.3 is 0 Å². The second-order valence-electron chi connectivity index (χ2n) is 12.2. The Morgan fingerprint density at radius 3 is 2.60 bits per heavy atom. The van der Waals surface area contributed by atoms with Crippen molar-refractivity contribution >= 4 is 49.8 Å². The summed E-state index contributed by atoms with van der Waals surface area (Å²) in [4.78, 5) is 30.0. The minimum Gasteiger partial charge on any atom is -0.378 e. The number of carbonyl (C=O) groups excluding carboxylic acids is 1. The predicted octanol–water partition coefficient (Wildman–Crippen LogP) is 3.20. The van der Waals surface area contributed by atoms with E-state index in [1.165, 1.54) is 13.4 Å². The smallest absolute Gasteiger partial charge is 0.296 e. The lowest BCUT2D eigenvalue weighted by Crippen LogP contribution is -2.49. The highest BCUT2D eigenvalue weighted by molar-refractivity contribution is 7.90. The fourth-order valence-electron chi connectivity index (χ4n) is 6.61. The van der Waals surface area contributed by atoms with Gasteiger partial charge in [0.25, 0.3) is 5.91 Å². The van der Waals surface area contributed by atoms with Crippen LogP contribution in [0.4, 0.5) is 27.7 Å². The van der Waals surface area contributed by atoms with Crippen LogP contribution in [0.25, 0.3) is 10.8 Å². The van der Waals surface area contributed by atoms with Crippen molar-refractivity contribution in [2.24, 2.45) is 5.92 Å². The Hall–Kier alpha value is -4.02. The van der Waals surface area contributed by atoms with E-state index in [0.717, 1.165) is 34.9 Å². The summed E-state index contributed by atoms with van der Waals surface area (Å²) in [7, 11) is -1.52. The van der Waals surface area contributed by atoms with Gasteiger partial charge in [-0.1, -0.05) is 12.0 Å². The van der Waals surface area contributed by atoms with E-state index in [2.05, 4.69) is 49.5 Å². The Morgan fingerprint density at radius 1 is 1.09 bits per heavy atom. The number of methoxy groups -OCH3 is 1. The molecule has 6 rings (SSSR count). The molecule has 2 aliphatic heterocycles. The van der Waals surface area contributed by atoms with E-state index in [-0.39, 0.29) is 36.1 Å². The Kier molecular flexibility index (Phi) is 8.79. The molecule has 2 N–H and O–H groups in total. The van der Waals surface area contributed by atoms with Crippen LogP contribution in [0.1, 0.15) is 37.7 Å². The van der Waals surface area contributed by atoms with Crippen molar-refractivity contribution in [3.63, 3.8) is 0 Å². The molecule has 238 valence electrons. The highest BCUT2D eigenvalue weighted by Gasteiger charge is 2.36. The number of ether oxygens (including phenoxy) is 1. The predicted molar refractivity (Wildman–Crippen MR) is 172 cm³/mol. The zero-order valence-corrected chi connectivity index (χ0v) is 26.5. The summed E-state index contributed by atoms with van der Waals surface area (Å²) < 4.78 is 43.5. The lowest BCUT2D eigenvalue weighted by Gasteiger charge is -2.42. The number of halogens is 1. The van der Waals surface area contributed by atoms with E-state index < -0.39 is 22.1 Å². The van der Waals surface area contributed by atoms with Gasteiger partial charge in [-0.3, -0.25) is 4.79 Å². The standard InChI is InChI=1S/C32H38FN7O4S/c1-4-5-31(41)36-26-8-6-22(26)21-7-9-27(40-16-20(17-40)19-45(3,42)43)24-15-35-30(14-23(21)24)37-29-10-12-34-32(38-29)39-13-11-28(44-2)25(33)18-39/h7,9-10,12,14-15,20,22,25-26,28H,6,8,11,13,16-19H2,1-3H3,(H,36,41)(H,34,35,37,38)/t22-,25+,26-,28-/m1/s1. The quantitative estimate of drug-likeness (QED) is 0.338. The van der Waals surface area contributed by atoms with E-state index in [4.69, 9.17) is 9.72 Å². The van der Waals surface area contributed by atoms with Crippen molar-refractivity contribution < 1.29 is 22.3 Å². The fourth-order valence-corrected chi connectivity index (χ4v) is 7.68. The molecule has 3 aromatic rings. The second-order valence-corrected chi connectivity index (χ2v) is 14.4. The molecule has 0 unspecified atom stereocenters. The molecule has 3 fully saturated rings. The number of piperidine rings is 1. The van der Waals surface area contributed by atoms with Gasteiger partial charge in [0.2, 0.25) is 5.95 Å². The molecule has 4 heterocycles. The minimum atomic E-state index is -3.05. The number of fused-ring (bicyclic) bond motifs is 1. The number of sulfone groups is 1. The van der Waals surface area contributed by atoms with Crippen molar-refractivity contribution in [3.05, 3.63) is 42.2 Å². The highest BCUT2D eigenvalue weighted by Crippen LogP contribution is 2.43. The van der Waals surface area contributed by atoms with Crippen LogP contribution in [0.3, 0.4) is 0 Å². The number of amides is 1. The Balaban J connectivity index is 1.28. The van der Waals surface area contributed by atoms with Crippen molar-refractivity contribution in [2.75, 3.05) is 60.4 Å². The SMILES string of the molecule is CC#CC(=O)N[C@@H]1CC[C@@H]1c1ccc(N2CC(CS(C)(=O)=O)C2)c2cnc(Nc3ccnc(N4CC[C@@H](OC)[C@@H](F)C4)n3)cc12. The maximum atomic E-state index is 14.6. The molecule has 11 nitrogen and oxygen atoms in total. The number of alkyl halides is 1. The molecule has 3 aliphatic rings. The zero-order valence-electron chi connectivity index (χ0n) is 25.7. The summed E-state index contributed by atoms with van der Waals surface area (Å²) in [6, 6.07) is 7.91. The Bertz CT molecular complexity index is 1760. The molecule has 13 heteroatoms. The van der Waals surface area contributed by atoms with Crippen LogP contribution < -0.4 is 20.4 Å². The molecule has 0 bridgehead atoms. The normalized spacial score (nSPS) is 23.5. The van der Waals surface area contributed by atoms with Crippen molar-refractivity contribution in [2.45, 2.75) is 50.4 Å². The average Bonchev–Trinajstić information content (AvgIpc) is 2.97. The van der Waals surface area contributed by atoms with Gasteiger partial charge in [0.05, 0.1) is 18.4 Å². The number of carbonyl (C=O) groups is 1. The van der Waals surface area contributed by atoms with Gasteiger partial charge in [0.15, 0.2) is 0 Å². The first kappa shape index (κ1) is 31.0. The second kappa shape index (κ2) is 12.8. The van der Waals surface area contributed by atoms with E-state index in [1.807, 2.05) is 17.2 Å². The van der Waals surface area contributed by atoms with E-state index >= 15 is 0 Å². The number of hydrogen-bond donors (Lipinski definition) is 2. The molecule has 45 heavy (non-hydrogen) atoms. The summed E-state index contributed by atoms with van der Waals surface area (Å²) in [5.41, 5.74) is 2.10. The first-order valence-electron chi connectivity index (χ1n) is 15.2. The monoisotopic (exact) mass is 635 g/mol. The number of rotatable bonds is 9. The number of nitrogens with zero attached hydrogens (tertiary/aromatic N) is 5. The maximum absolute atomic E-state index is 14.6. The summed E-state index contributed by atoms with van der Waals surface area (Å²) in [6.07, 6.45) is 5.55. The fraction of sp³-hybridized carbons (Fsp3) is 0.500. The molecule has 1 amide bonds. The van der Waals surface area contributed by atoms with Gasteiger partial charge in [0.1, 0.15) is 27.6 Å². The van der Waals surface area contributed by atoms with Gasteiger partial charge in [0, 0.05) is 74.3 Å². The molecule has 2 aromatic heterocycles. The summed E-state index contributed by atoms with van der Waals surface area (Å²) in [6.45, 7) is 3.71. The number of nitrogens with one attached hydrogen (secondary N) is 2. The number of hydrogen-bond acceptors (Lipinski definition) is 10. The summed E-state index contributed by atoms with van der Waals surface area (Å²) in [5.74, 6) is 6.89. The first-order valence-corrected chi connectivity index (χ1v) is 17.3. The molecule has 1 aromatic carbocycles. The van der Waals surface area contributed by atoms with Gasteiger partial charge in [-0.05, 0) is 61.3 Å². The first-order chi connectivity index (χ1) is 21.6. The highest BCUT2D eigenvalue weighted by atomic mass is 32.2. The third-order valence-corrected chi connectivity index (χ3v) is 10.0. The van der Waals surface area contributed by atoms with Crippen LogP contribution in [0.15, 0.2) is 36.7 Å². The summed E-state index contributed by atoms with van der Waals surface area (Å²) in [5, 5.41) is 8.31. The third kappa shape index (κ3) is 6.82. The molecule has 2 saturated heterocycles. The van der Waals surface area contributed by atoms with Gasteiger partial charge in [-0.15, -0.1) is 0 Å². The van der Waals surface area contributed by atoms with E-state index in [0.29, 0.717) is 43.6 Å². The van der Waals surface area contributed by atoms with Crippen LogP contribution in [-0.4, -0.2) is 92.9 Å². The average molecular weight is 636 g/mol. The van der Waals surface area contributed by atoms with E-state index in [9.17, 15) is 17.6 Å². The van der Waals surface area contributed by atoms with Gasteiger partial charge < -0.3 is 25.2 Å². The molecule has 0 spiro atoms. The van der Waals surface area contributed by atoms with Crippen molar-refractivity contribution in [1.82, 2.24) is 20.3 Å². The van der Waals surface area contributed by atoms with Crippen LogP contribution in [0.2, 0.25) is 0 Å². The Labute approximate surface area is 262 Å². The van der Waals surface area contributed by atoms with Crippen LogP contribution >= 0.6 is 0 Å². The number of aromatic nitrogens is 3. The minimum absolute atomic E-state index is 0.0221.